The molecule has 3 atom stereocenters. The molecule has 6 rings (SSSR count). The molecule has 2 aromatic carbocycles. The van der Waals surface area contributed by atoms with Gasteiger partial charge >= 0.3 is 0 Å². The lowest BCUT2D eigenvalue weighted by atomic mass is 9.62. The van der Waals surface area contributed by atoms with Crippen molar-refractivity contribution in [1.82, 2.24) is 0 Å². The van der Waals surface area contributed by atoms with Gasteiger partial charge < -0.3 is 10.2 Å². The summed E-state index contributed by atoms with van der Waals surface area (Å²) in [7, 11) is 0. The Hall–Kier alpha value is -2.22. The van der Waals surface area contributed by atoms with Crippen molar-refractivity contribution in [3.8, 4) is 0 Å². The maximum absolute atomic E-state index is 4.08. The number of nitrogens with one attached hydrogen (secondary N) is 1. The molecule has 1 N–H and O–H groups in total. The summed E-state index contributed by atoms with van der Waals surface area (Å²) in [5, 5.41) is 4.08. The summed E-state index contributed by atoms with van der Waals surface area (Å²) in [5.41, 5.74) is 7.77. The number of hydrogen-bond donors (Lipinski definition) is 1. The number of hydrogen-bond acceptors (Lipinski definition) is 2. The van der Waals surface area contributed by atoms with E-state index in [4.69, 9.17) is 0 Å². The second-order valence-electron chi connectivity index (χ2n) is 8.82. The van der Waals surface area contributed by atoms with E-state index >= 15 is 0 Å². The molecule has 0 unspecified atom stereocenters. The van der Waals surface area contributed by atoms with Crippen molar-refractivity contribution in [3.05, 3.63) is 71.4 Å². The smallest absolute Gasteiger partial charge is 0.118 e. The first-order chi connectivity index (χ1) is 13.4. The van der Waals surface area contributed by atoms with E-state index in [0.717, 1.165) is 0 Å². The largest absolute Gasteiger partial charge is 0.360 e. The molecule has 2 nitrogen and oxygen atoms in total. The molecule has 27 heavy (non-hydrogen) atoms. The van der Waals surface area contributed by atoms with Gasteiger partial charge in [0.2, 0.25) is 0 Å². The average Bonchev–Trinajstić information content (AvgIpc) is 3.06. The minimum atomic E-state index is 0.0820. The van der Waals surface area contributed by atoms with Crippen LogP contribution in [0.25, 0.3) is 0 Å². The molecule has 1 saturated carbocycles. The Morgan fingerprint density at radius 2 is 1.67 bits per heavy atom. The molecule has 2 aromatic rings. The molecule has 1 spiro atoms. The van der Waals surface area contributed by atoms with Crippen LogP contribution in [0.15, 0.2) is 65.9 Å². The highest BCUT2D eigenvalue weighted by molar-refractivity contribution is 5.82. The number of nitrogens with zero attached hydrogens (tertiary/aromatic N) is 1. The van der Waals surface area contributed by atoms with Gasteiger partial charge in [-0.15, -0.1) is 0 Å². The maximum Gasteiger partial charge on any atom is 0.118 e. The van der Waals surface area contributed by atoms with E-state index in [0.29, 0.717) is 11.8 Å². The summed E-state index contributed by atoms with van der Waals surface area (Å²) in [6.07, 6.45) is 10.5. The Kier molecular flexibility index (Phi) is 3.45. The Morgan fingerprint density at radius 3 is 2.59 bits per heavy atom. The van der Waals surface area contributed by atoms with Crippen LogP contribution in [0.4, 0.5) is 11.4 Å². The first-order valence-corrected chi connectivity index (χ1v) is 10.8. The first kappa shape index (κ1) is 15.8. The normalized spacial score (nSPS) is 31.5. The molecular formula is C25H28N2. The van der Waals surface area contributed by atoms with Crippen LogP contribution < -0.4 is 10.2 Å². The number of fused-ring (bicyclic) bond motifs is 3. The third-order valence-electron chi connectivity index (χ3n) is 7.52. The van der Waals surface area contributed by atoms with E-state index in [2.05, 4.69) is 64.8 Å². The standard InChI is InChI=1S/C25H28N2/c1-2-10-18(11-3-1)24-19-12-4-6-15-22(19)27-23-16-7-5-14-21(23)26-25(27)17-9-8-13-20(24)25/h1-3,5,7,10-11,14,16,20,24,26H,4,6,8-9,12-13,15,17H2/t20-,24+,25+/m0/s1. The predicted octanol–water partition coefficient (Wildman–Crippen LogP) is 6.43. The van der Waals surface area contributed by atoms with Crippen LogP contribution >= 0.6 is 0 Å². The highest BCUT2D eigenvalue weighted by Gasteiger charge is 2.57. The molecule has 2 aliphatic carbocycles. The fraction of sp³-hybridized carbons (Fsp3) is 0.440. The summed E-state index contributed by atoms with van der Waals surface area (Å²) in [6, 6.07) is 20.4. The molecule has 2 heterocycles. The van der Waals surface area contributed by atoms with Crippen molar-refractivity contribution < 1.29 is 0 Å². The maximum atomic E-state index is 4.08. The first-order valence-electron chi connectivity index (χ1n) is 10.8. The summed E-state index contributed by atoms with van der Waals surface area (Å²) in [4.78, 5) is 2.78. The minimum Gasteiger partial charge on any atom is -0.360 e. The van der Waals surface area contributed by atoms with Gasteiger partial charge in [-0.05, 0) is 68.2 Å². The highest BCUT2D eigenvalue weighted by atomic mass is 15.4. The van der Waals surface area contributed by atoms with E-state index in [1.54, 1.807) is 11.3 Å². The molecule has 2 heteroatoms. The minimum absolute atomic E-state index is 0.0820. The number of para-hydroxylation sites is 2. The lowest BCUT2D eigenvalue weighted by Crippen LogP contribution is -2.62. The zero-order chi connectivity index (χ0) is 17.8. The van der Waals surface area contributed by atoms with E-state index in [1.807, 2.05) is 0 Å². The van der Waals surface area contributed by atoms with Gasteiger partial charge in [-0.25, -0.2) is 0 Å². The fourth-order valence-electron chi connectivity index (χ4n) is 6.56. The lowest BCUT2D eigenvalue weighted by molar-refractivity contribution is 0.176. The van der Waals surface area contributed by atoms with Gasteiger partial charge in [0.25, 0.3) is 0 Å². The monoisotopic (exact) mass is 356 g/mol. The Labute approximate surface area is 162 Å². The van der Waals surface area contributed by atoms with Crippen molar-refractivity contribution in [3.63, 3.8) is 0 Å². The van der Waals surface area contributed by atoms with Crippen LogP contribution in [-0.4, -0.2) is 5.66 Å². The molecule has 1 fully saturated rings. The van der Waals surface area contributed by atoms with Gasteiger partial charge in [-0.1, -0.05) is 48.9 Å². The zero-order valence-corrected chi connectivity index (χ0v) is 16.0. The van der Waals surface area contributed by atoms with Crippen LogP contribution in [0.3, 0.4) is 0 Å². The van der Waals surface area contributed by atoms with E-state index in [1.165, 1.54) is 68.3 Å². The molecule has 0 aromatic heterocycles. The number of rotatable bonds is 1. The highest BCUT2D eigenvalue weighted by Crippen LogP contribution is 2.61. The molecule has 0 bridgehead atoms. The Morgan fingerprint density at radius 1 is 0.852 bits per heavy atom. The molecule has 0 radical (unpaired) electrons. The van der Waals surface area contributed by atoms with E-state index < -0.39 is 0 Å². The van der Waals surface area contributed by atoms with Crippen molar-refractivity contribution in [2.45, 2.75) is 62.9 Å². The predicted molar refractivity (Wildman–Crippen MR) is 112 cm³/mol. The van der Waals surface area contributed by atoms with Crippen LogP contribution in [0.2, 0.25) is 0 Å². The Bertz CT molecular complexity index is 900. The van der Waals surface area contributed by atoms with E-state index in [9.17, 15) is 0 Å². The fourth-order valence-corrected chi connectivity index (χ4v) is 6.56. The van der Waals surface area contributed by atoms with Gasteiger partial charge in [-0.3, -0.25) is 0 Å². The van der Waals surface area contributed by atoms with Crippen LogP contribution in [0, 0.1) is 5.92 Å². The van der Waals surface area contributed by atoms with E-state index in [-0.39, 0.29) is 5.66 Å². The van der Waals surface area contributed by atoms with Crippen molar-refractivity contribution in [2.75, 3.05) is 10.2 Å². The lowest BCUT2D eigenvalue weighted by Gasteiger charge is -2.57. The summed E-state index contributed by atoms with van der Waals surface area (Å²) >= 11 is 0. The van der Waals surface area contributed by atoms with Gasteiger partial charge in [0.1, 0.15) is 5.66 Å². The zero-order valence-electron chi connectivity index (χ0n) is 16.0. The molecule has 2 aliphatic heterocycles. The van der Waals surface area contributed by atoms with Gasteiger partial charge in [-0.2, -0.15) is 0 Å². The van der Waals surface area contributed by atoms with Crippen molar-refractivity contribution in [1.29, 1.82) is 0 Å². The molecule has 0 saturated heterocycles. The molecular weight excluding hydrogens is 328 g/mol. The molecule has 4 aliphatic rings. The average molecular weight is 357 g/mol. The van der Waals surface area contributed by atoms with Crippen LogP contribution in [-0.2, 0) is 0 Å². The SMILES string of the molecule is c1ccc([C@@H]2C3=C(CCCC3)N3c4ccccc4N[C@]34CCCC[C@@H]24)cc1. The van der Waals surface area contributed by atoms with Gasteiger partial charge in [0, 0.05) is 17.5 Å². The summed E-state index contributed by atoms with van der Waals surface area (Å²) < 4.78 is 0. The number of benzene rings is 2. The topological polar surface area (TPSA) is 15.3 Å². The van der Waals surface area contributed by atoms with Crippen LogP contribution in [0.1, 0.15) is 62.8 Å². The summed E-state index contributed by atoms with van der Waals surface area (Å²) in [6.45, 7) is 0. The third-order valence-corrected chi connectivity index (χ3v) is 7.52. The quantitative estimate of drug-likeness (QED) is 0.633. The van der Waals surface area contributed by atoms with Gasteiger partial charge in [0.05, 0.1) is 11.4 Å². The third kappa shape index (κ3) is 2.13. The summed E-state index contributed by atoms with van der Waals surface area (Å²) in [5.74, 6) is 1.23. The number of allylic oxidation sites excluding steroid dienone is 2. The van der Waals surface area contributed by atoms with Crippen LogP contribution in [0.5, 0.6) is 0 Å². The number of anilines is 2. The molecule has 138 valence electrons. The molecule has 0 amide bonds. The Balaban J connectivity index is 1.61. The second kappa shape index (κ2) is 5.89. The second-order valence-corrected chi connectivity index (χ2v) is 8.82. The van der Waals surface area contributed by atoms with Gasteiger partial charge in [0.15, 0.2) is 0 Å². The van der Waals surface area contributed by atoms with Crippen molar-refractivity contribution in [2.24, 2.45) is 5.92 Å². The van der Waals surface area contributed by atoms with Crippen molar-refractivity contribution >= 4 is 11.4 Å².